The summed E-state index contributed by atoms with van der Waals surface area (Å²) in [5.74, 6) is 0. The smallest absolute Gasteiger partial charge is 0.155 e. The van der Waals surface area contributed by atoms with Crippen LogP contribution in [0.5, 0.6) is 0 Å². The Hall–Kier alpha value is -1.36. The van der Waals surface area contributed by atoms with Crippen LogP contribution >= 0.6 is 20.7 Å². The van der Waals surface area contributed by atoms with Gasteiger partial charge in [-0.2, -0.15) is 0 Å². The van der Waals surface area contributed by atoms with E-state index in [0.717, 1.165) is 16.7 Å². The lowest BCUT2D eigenvalue weighted by atomic mass is 10.1. The highest BCUT2D eigenvalue weighted by Gasteiger charge is 2.07. The summed E-state index contributed by atoms with van der Waals surface area (Å²) in [6.45, 7) is 0. The van der Waals surface area contributed by atoms with E-state index in [4.69, 9.17) is 0 Å². The first-order valence-electron chi connectivity index (χ1n) is 5.23. The van der Waals surface area contributed by atoms with E-state index < -0.39 is 20.7 Å². The molecule has 0 unspecified atom stereocenters. The molecule has 0 bridgehead atoms. The molecule has 3 rings (SSSR count). The van der Waals surface area contributed by atoms with Crippen LogP contribution in [0.3, 0.4) is 0 Å². The van der Waals surface area contributed by atoms with Crippen molar-refractivity contribution in [1.29, 1.82) is 0 Å². The molecule has 2 aromatic rings. The highest BCUT2D eigenvalue weighted by atomic mass is 127. The molecule has 17 heavy (non-hydrogen) atoms. The Morgan fingerprint density at radius 2 is 1.94 bits per heavy atom. The normalized spacial score (nSPS) is 15.1. The lowest BCUT2D eigenvalue weighted by molar-refractivity contribution is 0.711. The van der Waals surface area contributed by atoms with E-state index in [0.29, 0.717) is 0 Å². The van der Waals surface area contributed by atoms with Crippen molar-refractivity contribution < 1.29 is 4.39 Å². The summed E-state index contributed by atoms with van der Waals surface area (Å²) < 4.78 is 15.0. The van der Waals surface area contributed by atoms with Crippen LogP contribution < -0.4 is 0 Å². The molecule has 0 fully saturated rings. The fraction of sp³-hybridized carbons (Fsp3) is 0. The Kier molecular flexibility index (Phi) is 2.84. The van der Waals surface area contributed by atoms with Gasteiger partial charge in [0.1, 0.15) is 0 Å². The van der Waals surface area contributed by atoms with Crippen molar-refractivity contribution in [2.45, 2.75) is 0 Å². The molecule has 0 saturated carbocycles. The second-order valence-electron chi connectivity index (χ2n) is 3.68. The van der Waals surface area contributed by atoms with Crippen molar-refractivity contribution in [2.24, 2.45) is 0 Å². The first-order valence-corrected chi connectivity index (χ1v) is 7.55. The summed E-state index contributed by atoms with van der Waals surface area (Å²) >= 11 is -0.609. The maximum atomic E-state index is 13.0. The monoisotopic (exact) mass is 337 g/mol. The molecule has 1 aromatic carbocycles. The number of aromatic nitrogens is 1. The van der Waals surface area contributed by atoms with Crippen molar-refractivity contribution in [3.63, 3.8) is 0 Å². The summed E-state index contributed by atoms with van der Waals surface area (Å²) in [7, 11) is 0. The number of rotatable bonds is 1. The van der Waals surface area contributed by atoms with Crippen molar-refractivity contribution in [3.8, 4) is 0 Å². The molecule has 84 valence electrons. The molecule has 1 nitrogen and oxygen atoms in total. The average molecular weight is 337 g/mol. The molecule has 1 aliphatic rings. The van der Waals surface area contributed by atoms with E-state index in [1.54, 1.807) is 12.3 Å². The molecule has 0 aliphatic carbocycles. The highest BCUT2D eigenvalue weighted by Crippen LogP contribution is 2.28. The summed E-state index contributed by atoms with van der Waals surface area (Å²) in [6.07, 6.45) is 5.18. The van der Waals surface area contributed by atoms with Gasteiger partial charge in [-0.25, -0.2) is 4.39 Å². The maximum absolute atomic E-state index is 13.0. The third-order valence-corrected chi connectivity index (χ3v) is 4.55. The van der Waals surface area contributed by atoms with E-state index in [1.807, 2.05) is 28.3 Å². The first kappa shape index (κ1) is 10.8. The van der Waals surface area contributed by atoms with Crippen LogP contribution in [0.15, 0.2) is 52.5 Å². The fourth-order valence-corrected chi connectivity index (χ4v) is 3.34. The van der Waals surface area contributed by atoms with E-state index >= 15 is 0 Å². The minimum atomic E-state index is -0.609. The van der Waals surface area contributed by atoms with Crippen LogP contribution in [-0.2, 0) is 0 Å². The van der Waals surface area contributed by atoms with Crippen LogP contribution in [0.4, 0.5) is 4.39 Å². The lowest BCUT2D eigenvalue weighted by Gasteiger charge is -2.07. The van der Waals surface area contributed by atoms with Gasteiger partial charge in [0, 0.05) is 17.2 Å². The molecule has 3 heteroatoms. The van der Waals surface area contributed by atoms with Gasteiger partial charge in [-0.05, 0) is 27.6 Å². The van der Waals surface area contributed by atoms with Crippen LogP contribution in [0.1, 0.15) is 5.69 Å². The van der Waals surface area contributed by atoms with E-state index in [1.165, 1.54) is 5.39 Å². The van der Waals surface area contributed by atoms with Gasteiger partial charge < -0.3 is 0 Å². The number of allylic oxidation sites excluding steroid dienone is 3. The number of hydrogen-bond acceptors (Lipinski definition) is 1. The Morgan fingerprint density at radius 3 is 2.76 bits per heavy atom. The minimum Gasteiger partial charge on any atom is -0.256 e. The zero-order valence-corrected chi connectivity index (χ0v) is 11.1. The van der Waals surface area contributed by atoms with Crippen LogP contribution in [0.25, 0.3) is 16.3 Å². The first-order chi connectivity index (χ1) is 8.34. The van der Waals surface area contributed by atoms with Gasteiger partial charge in [0.15, 0.2) is 3.83 Å². The van der Waals surface area contributed by atoms with E-state index in [2.05, 4.69) is 17.1 Å². The van der Waals surface area contributed by atoms with Crippen LogP contribution in [0, 0.1) is 0 Å². The van der Waals surface area contributed by atoms with Crippen molar-refractivity contribution in [2.75, 3.05) is 0 Å². The molecular formula is C14H9FIN. The molecule has 0 N–H and O–H groups in total. The standard InChI is InChI=1S/C14H9FIN/c15-13-6-5-11(9-16-13)14-12-4-2-1-3-10(12)7-8-17-14/h1-9H. The summed E-state index contributed by atoms with van der Waals surface area (Å²) in [5.41, 5.74) is 1.99. The van der Waals surface area contributed by atoms with Gasteiger partial charge in [-0.15, -0.1) is 0 Å². The van der Waals surface area contributed by atoms with Gasteiger partial charge >= 0.3 is 0 Å². The lowest BCUT2D eigenvalue weighted by Crippen LogP contribution is -1.92. The van der Waals surface area contributed by atoms with Crippen LogP contribution in [0.2, 0.25) is 0 Å². The largest absolute Gasteiger partial charge is 0.256 e. The molecule has 1 aromatic heterocycles. The Morgan fingerprint density at radius 1 is 1.06 bits per heavy atom. The molecular weight excluding hydrogens is 328 g/mol. The molecule has 0 spiro atoms. The number of hydrogen-bond donors (Lipinski definition) is 0. The molecule has 0 radical (unpaired) electrons. The zero-order chi connectivity index (χ0) is 11.7. The van der Waals surface area contributed by atoms with E-state index in [9.17, 15) is 4.39 Å². The van der Waals surface area contributed by atoms with Gasteiger partial charge in [-0.3, -0.25) is 4.98 Å². The Bertz CT molecular complexity index is 665. The van der Waals surface area contributed by atoms with Gasteiger partial charge in [0.2, 0.25) is 0 Å². The Balaban J connectivity index is 2.22. The summed E-state index contributed by atoms with van der Waals surface area (Å²) in [6, 6.07) is 10.1. The summed E-state index contributed by atoms with van der Waals surface area (Å²) in [5, 5.41) is 2.29. The van der Waals surface area contributed by atoms with Gasteiger partial charge in [0.05, 0.1) is 5.69 Å². The zero-order valence-electron chi connectivity index (χ0n) is 8.90. The van der Waals surface area contributed by atoms with Crippen molar-refractivity contribution >= 4 is 41.1 Å². The van der Waals surface area contributed by atoms with Crippen molar-refractivity contribution in [1.82, 2.24) is 4.98 Å². The fourth-order valence-electron chi connectivity index (χ4n) is 1.82. The third-order valence-electron chi connectivity index (χ3n) is 2.61. The SMILES string of the molecule is FC1=CC=C(c2nccc3ccccc23)C=I1. The predicted molar refractivity (Wildman–Crippen MR) is 79.0 cm³/mol. The molecule has 2 heterocycles. The topological polar surface area (TPSA) is 12.9 Å². The Labute approximate surface area is 108 Å². The number of halogens is 2. The third kappa shape index (κ3) is 2.07. The predicted octanol–water partition coefficient (Wildman–Crippen LogP) is 4.22. The highest BCUT2D eigenvalue weighted by molar-refractivity contribution is 14.2. The minimum absolute atomic E-state index is 0.00721. The molecule has 0 amide bonds. The van der Waals surface area contributed by atoms with Crippen LogP contribution in [-0.4, -0.2) is 9.00 Å². The molecule has 0 saturated heterocycles. The number of nitrogens with zero attached hydrogens (tertiary/aromatic N) is 1. The summed E-state index contributed by atoms with van der Waals surface area (Å²) in [4.78, 5) is 4.42. The molecule has 0 atom stereocenters. The number of pyridine rings is 1. The number of fused-ring (bicyclic) bond motifs is 1. The van der Waals surface area contributed by atoms with Gasteiger partial charge in [0.25, 0.3) is 0 Å². The maximum Gasteiger partial charge on any atom is 0.155 e. The average Bonchev–Trinajstić information content (AvgIpc) is 2.39. The second kappa shape index (κ2) is 4.49. The second-order valence-corrected chi connectivity index (χ2v) is 5.95. The number of benzene rings is 1. The van der Waals surface area contributed by atoms with Gasteiger partial charge in [-0.1, -0.05) is 45.0 Å². The van der Waals surface area contributed by atoms with E-state index in [-0.39, 0.29) is 3.83 Å². The molecule has 1 aliphatic heterocycles. The quantitative estimate of drug-likeness (QED) is 0.710. The van der Waals surface area contributed by atoms with Crippen molar-refractivity contribution in [3.05, 3.63) is 58.2 Å².